The van der Waals surface area contributed by atoms with Gasteiger partial charge in [0.25, 0.3) is 0 Å². The van der Waals surface area contributed by atoms with Crippen LogP contribution < -0.4 is 4.74 Å². The summed E-state index contributed by atoms with van der Waals surface area (Å²) in [5.74, 6) is 0.828. The maximum atomic E-state index is 13.0. The number of methoxy groups -OCH3 is 1. The number of hydrogen-bond acceptors (Lipinski definition) is 4. The molecule has 1 aliphatic heterocycles. The van der Waals surface area contributed by atoms with E-state index in [4.69, 9.17) is 9.47 Å². The zero-order valence-electron chi connectivity index (χ0n) is 15.4. The lowest BCUT2D eigenvalue weighted by molar-refractivity contribution is -0.130. The summed E-state index contributed by atoms with van der Waals surface area (Å²) >= 11 is 1.41. The Morgan fingerprint density at radius 1 is 1.26 bits per heavy atom. The first-order valence-electron chi connectivity index (χ1n) is 9.05. The average Bonchev–Trinajstić information content (AvgIpc) is 3.20. The van der Waals surface area contributed by atoms with Gasteiger partial charge in [0.2, 0.25) is 5.91 Å². The van der Waals surface area contributed by atoms with Gasteiger partial charge in [-0.05, 0) is 43.2 Å². The standard InChI is InChI=1S/C21H24FNO3S/c1-25-20-7-3-2-5-16(20)13-23(14-18-6-4-12-26-18)21(24)15-27-19-10-8-17(22)9-11-19/h2-3,5,7-11,18H,4,6,12-15H2,1H3. The molecule has 6 heteroatoms. The third kappa shape index (κ3) is 5.71. The number of hydrogen-bond donors (Lipinski definition) is 0. The molecule has 0 saturated carbocycles. The molecule has 0 N–H and O–H groups in total. The van der Waals surface area contributed by atoms with Crippen molar-refractivity contribution in [1.29, 1.82) is 0 Å². The predicted molar refractivity (Wildman–Crippen MR) is 105 cm³/mol. The van der Waals surface area contributed by atoms with Gasteiger partial charge in [0.1, 0.15) is 11.6 Å². The Balaban J connectivity index is 1.67. The third-order valence-electron chi connectivity index (χ3n) is 4.53. The van der Waals surface area contributed by atoms with Crippen molar-refractivity contribution in [3.8, 4) is 5.75 Å². The molecule has 1 heterocycles. The van der Waals surface area contributed by atoms with Gasteiger partial charge in [0.15, 0.2) is 0 Å². The largest absolute Gasteiger partial charge is 0.496 e. The van der Waals surface area contributed by atoms with Crippen LogP contribution in [0.3, 0.4) is 0 Å². The van der Waals surface area contributed by atoms with Crippen molar-refractivity contribution in [2.24, 2.45) is 0 Å². The lowest BCUT2D eigenvalue weighted by Crippen LogP contribution is -2.38. The quantitative estimate of drug-likeness (QED) is 0.636. The number of benzene rings is 2. The van der Waals surface area contributed by atoms with E-state index in [-0.39, 0.29) is 17.8 Å². The van der Waals surface area contributed by atoms with Crippen molar-refractivity contribution in [3.05, 3.63) is 59.9 Å². The van der Waals surface area contributed by atoms with E-state index in [1.54, 1.807) is 19.2 Å². The minimum absolute atomic E-state index is 0.0331. The SMILES string of the molecule is COc1ccccc1CN(CC1CCCO1)C(=O)CSc1ccc(F)cc1. The molecule has 3 rings (SSSR count). The zero-order chi connectivity index (χ0) is 19.1. The van der Waals surface area contributed by atoms with Crippen molar-refractivity contribution in [3.63, 3.8) is 0 Å². The van der Waals surface area contributed by atoms with Crippen molar-refractivity contribution in [1.82, 2.24) is 4.90 Å². The fourth-order valence-electron chi connectivity index (χ4n) is 3.10. The lowest BCUT2D eigenvalue weighted by Gasteiger charge is -2.26. The number of thioether (sulfide) groups is 1. The van der Waals surface area contributed by atoms with Crippen LogP contribution in [0.1, 0.15) is 18.4 Å². The number of para-hydroxylation sites is 1. The van der Waals surface area contributed by atoms with Crippen molar-refractivity contribution >= 4 is 17.7 Å². The fraction of sp³-hybridized carbons (Fsp3) is 0.381. The highest BCUT2D eigenvalue weighted by atomic mass is 32.2. The van der Waals surface area contributed by atoms with Gasteiger partial charge in [0.05, 0.1) is 19.0 Å². The highest BCUT2D eigenvalue weighted by Gasteiger charge is 2.23. The summed E-state index contributed by atoms with van der Waals surface area (Å²) in [4.78, 5) is 15.6. The van der Waals surface area contributed by atoms with Gasteiger partial charge < -0.3 is 14.4 Å². The molecular formula is C21H24FNO3S. The van der Waals surface area contributed by atoms with Gasteiger partial charge in [-0.2, -0.15) is 0 Å². The van der Waals surface area contributed by atoms with Crippen LogP contribution in [-0.4, -0.2) is 42.9 Å². The molecule has 0 aliphatic carbocycles. The summed E-state index contributed by atoms with van der Waals surface area (Å²) in [6.45, 7) is 1.80. The number of rotatable bonds is 8. The molecule has 1 atom stereocenters. The van der Waals surface area contributed by atoms with Crippen LogP contribution in [-0.2, 0) is 16.1 Å². The number of carbonyl (C=O) groups is 1. The summed E-state index contributed by atoms with van der Waals surface area (Å²) in [5, 5.41) is 0. The van der Waals surface area contributed by atoms with Crippen LogP contribution in [0.4, 0.5) is 4.39 Å². The monoisotopic (exact) mass is 389 g/mol. The second-order valence-corrected chi connectivity index (χ2v) is 7.51. The maximum Gasteiger partial charge on any atom is 0.233 e. The molecule has 0 aromatic heterocycles. The number of nitrogens with zero attached hydrogens (tertiary/aromatic N) is 1. The van der Waals surface area contributed by atoms with E-state index < -0.39 is 0 Å². The first kappa shape index (κ1) is 19.7. The molecule has 0 spiro atoms. The highest BCUT2D eigenvalue weighted by Crippen LogP contribution is 2.23. The molecule has 1 amide bonds. The summed E-state index contributed by atoms with van der Waals surface area (Å²) in [5.41, 5.74) is 0.970. The van der Waals surface area contributed by atoms with E-state index in [9.17, 15) is 9.18 Å². The smallest absolute Gasteiger partial charge is 0.233 e. The molecule has 4 nitrogen and oxygen atoms in total. The van der Waals surface area contributed by atoms with Gasteiger partial charge in [-0.1, -0.05) is 18.2 Å². The van der Waals surface area contributed by atoms with Gasteiger partial charge in [-0.3, -0.25) is 4.79 Å². The first-order valence-corrected chi connectivity index (χ1v) is 10.0. The van der Waals surface area contributed by atoms with Gasteiger partial charge in [-0.25, -0.2) is 4.39 Å². The molecule has 1 saturated heterocycles. The summed E-state index contributed by atoms with van der Waals surface area (Å²) < 4.78 is 24.2. The topological polar surface area (TPSA) is 38.8 Å². The number of halogens is 1. The van der Waals surface area contributed by atoms with Crippen LogP contribution in [0.2, 0.25) is 0 Å². The second-order valence-electron chi connectivity index (χ2n) is 6.46. The molecule has 1 aliphatic rings. The Morgan fingerprint density at radius 2 is 2.04 bits per heavy atom. The van der Waals surface area contributed by atoms with E-state index in [1.165, 1.54) is 23.9 Å². The minimum Gasteiger partial charge on any atom is -0.496 e. The molecule has 2 aromatic carbocycles. The van der Waals surface area contributed by atoms with Crippen LogP contribution in [0, 0.1) is 5.82 Å². The van der Waals surface area contributed by atoms with Crippen molar-refractivity contribution in [2.45, 2.75) is 30.4 Å². The van der Waals surface area contributed by atoms with E-state index in [2.05, 4.69) is 0 Å². The van der Waals surface area contributed by atoms with Crippen molar-refractivity contribution in [2.75, 3.05) is 26.0 Å². The van der Waals surface area contributed by atoms with Crippen molar-refractivity contribution < 1.29 is 18.7 Å². The van der Waals surface area contributed by atoms with Crippen LogP contribution in [0.25, 0.3) is 0 Å². The van der Waals surface area contributed by atoms with Gasteiger partial charge >= 0.3 is 0 Å². The fourth-order valence-corrected chi connectivity index (χ4v) is 3.90. The second kappa shape index (κ2) is 9.76. The first-order chi connectivity index (χ1) is 13.2. The van der Waals surface area contributed by atoms with Crippen LogP contribution in [0.5, 0.6) is 5.75 Å². The Hall–Kier alpha value is -2.05. The van der Waals surface area contributed by atoms with Gasteiger partial charge in [0, 0.05) is 30.2 Å². The molecule has 144 valence electrons. The average molecular weight is 389 g/mol. The molecular weight excluding hydrogens is 365 g/mol. The summed E-state index contributed by atoms with van der Waals surface area (Å²) in [7, 11) is 1.63. The summed E-state index contributed by atoms with van der Waals surface area (Å²) in [6.07, 6.45) is 2.09. The Labute approximate surface area is 163 Å². The molecule has 0 radical (unpaired) electrons. The zero-order valence-corrected chi connectivity index (χ0v) is 16.2. The van der Waals surface area contributed by atoms with E-state index in [0.29, 0.717) is 18.8 Å². The number of ether oxygens (including phenoxy) is 2. The number of carbonyl (C=O) groups excluding carboxylic acids is 1. The Bertz CT molecular complexity index is 747. The Kier molecular flexibility index (Phi) is 7.12. The molecule has 1 fully saturated rings. The highest BCUT2D eigenvalue weighted by molar-refractivity contribution is 8.00. The molecule has 27 heavy (non-hydrogen) atoms. The minimum atomic E-state index is -0.276. The third-order valence-corrected chi connectivity index (χ3v) is 5.53. The predicted octanol–water partition coefficient (Wildman–Crippen LogP) is 4.13. The van der Waals surface area contributed by atoms with E-state index >= 15 is 0 Å². The molecule has 1 unspecified atom stereocenters. The van der Waals surface area contributed by atoms with E-state index in [0.717, 1.165) is 35.7 Å². The van der Waals surface area contributed by atoms with E-state index in [1.807, 2.05) is 29.2 Å². The molecule has 2 aromatic rings. The van der Waals surface area contributed by atoms with Gasteiger partial charge in [-0.15, -0.1) is 11.8 Å². The van der Waals surface area contributed by atoms with Crippen LogP contribution in [0.15, 0.2) is 53.4 Å². The Morgan fingerprint density at radius 3 is 2.74 bits per heavy atom. The maximum absolute atomic E-state index is 13.0. The molecule has 0 bridgehead atoms. The number of amides is 1. The lowest BCUT2D eigenvalue weighted by atomic mass is 10.1. The normalized spacial score (nSPS) is 16.3. The van der Waals surface area contributed by atoms with Crippen LogP contribution >= 0.6 is 11.8 Å². The summed E-state index contributed by atoms with van der Waals surface area (Å²) in [6, 6.07) is 13.9.